The summed E-state index contributed by atoms with van der Waals surface area (Å²) in [4.78, 5) is -0.436. The second-order valence-corrected chi connectivity index (χ2v) is 11.7. The highest BCUT2D eigenvalue weighted by atomic mass is 35.5. The zero-order valence-corrected chi connectivity index (χ0v) is 21.4. The largest absolute Gasteiger partial charge is 0.495 e. The average Bonchev–Trinajstić information content (AvgIpc) is 2.81. The predicted molar refractivity (Wildman–Crippen MR) is 134 cm³/mol. The van der Waals surface area contributed by atoms with Crippen LogP contribution in [0.4, 0.5) is 0 Å². The van der Waals surface area contributed by atoms with Gasteiger partial charge in [-0.1, -0.05) is 47.5 Å². The van der Waals surface area contributed by atoms with Crippen molar-refractivity contribution < 1.29 is 21.6 Å². The minimum atomic E-state index is -4.04. The van der Waals surface area contributed by atoms with Crippen molar-refractivity contribution in [2.24, 2.45) is 0 Å². The van der Waals surface area contributed by atoms with Gasteiger partial charge in [-0.2, -0.15) is 0 Å². The lowest BCUT2D eigenvalue weighted by Gasteiger charge is -2.13. The monoisotopic (exact) mass is 542 g/mol. The molecule has 0 bridgehead atoms. The summed E-state index contributed by atoms with van der Waals surface area (Å²) in [7, 11) is -6.67. The molecule has 0 fully saturated rings. The highest BCUT2D eigenvalue weighted by Crippen LogP contribution is 2.27. The molecular formula is C23H24Cl2N2O5S2. The van der Waals surface area contributed by atoms with Gasteiger partial charge in [-0.15, -0.1) is 0 Å². The third-order valence-electron chi connectivity index (χ3n) is 4.97. The van der Waals surface area contributed by atoms with Gasteiger partial charge in [-0.05, 0) is 66.4 Å². The smallest absolute Gasteiger partial charge is 0.244 e. The van der Waals surface area contributed by atoms with Crippen molar-refractivity contribution in [3.8, 4) is 5.75 Å². The maximum atomic E-state index is 12.9. The van der Waals surface area contributed by atoms with Crippen LogP contribution in [-0.4, -0.2) is 37.0 Å². The molecule has 3 aromatic rings. The number of sulfonamides is 2. The van der Waals surface area contributed by atoms with Gasteiger partial charge in [0.05, 0.1) is 12.0 Å². The molecule has 0 spiro atoms. The molecule has 0 heterocycles. The molecule has 0 saturated heterocycles. The Kier molecular flexibility index (Phi) is 8.97. The van der Waals surface area contributed by atoms with E-state index in [-0.39, 0.29) is 28.6 Å². The van der Waals surface area contributed by atoms with Crippen molar-refractivity contribution in [1.82, 2.24) is 9.44 Å². The van der Waals surface area contributed by atoms with Gasteiger partial charge in [0, 0.05) is 23.1 Å². The van der Waals surface area contributed by atoms with Gasteiger partial charge in [0.2, 0.25) is 20.0 Å². The van der Waals surface area contributed by atoms with E-state index in [9.17, 15) is 16.8 Å². The highest BCUT2D eigenvalue weighted by Gasteiger charge is 2.23. The van der Waals surface area contributed by atoms with Crippen LogP contribution in [0.3, 0.4) is 0 Å². The molecule has 0 aliphatic rings. The molecule has 0 saturated carbocycles. The molecule has 2 N–H and O–H groups in total. The fourth-order valence-electron chi connectivity index (χ4n) is 3.16. The number of methoxy groups -OCH3 is 1. The Balaban J connectivity index is 1.71. The number of hydrogen-bond donors (Lipinski definition) is 2. The summed E-state index contributed by atoms with van der Waals surface area (Å²) in [5.41, 5.74) is 1.82. The van der Waals surface area contributed by atoms with Crippen molar-refractivity contribution >= 4 is 43.2 Å². The summed E-state index contributed by atoms with van der Waals surface area (Å²) in [5.74, 6) is 0.0408. The lowest BCUT2D eigenvalue weighted by atomic mass is 10.2. The number of ether oxygens (including phenoxy) is 1. The molecular weight excluding hydrogens is 519 g/mol. The number of rotatable bonds is 11. The number of nitrogens with one attached hydrogen (secondary N) is 2. The molecule has 0 aliphatic carbocycles. The van der Waals surface area contributed by atoms with Gasteiger partial charge in [-0.3, -0.25) is 0 Å². The third kappa shape index (κ3) is 7.18. The number of hydrogen-bond acceptors (Lipinski definition) is 5. The molecule has 0 unspecified atom stereocenters. The SMILES string of the molecule is COc1ccc(S(=O)(=O)NCCc2ccc(Cl)cc2)cc1S(=O)(=O)NCCc1ccc(Cl)cc1. The van der Waals surface area contributed by atoms with Crippen LogP contribution >= 0.6 is 23.2 Å². The fourth-order valence-corrected chi connectivity index (χ4v) is 5.77. The van der Waals surface area contributed by atoms with Gasteiger partial charge in [0.15, 0.2) is 0 Å². The molecule has 11 heteroatoms. The van der Waals surface area contributed by atoms with Crippen LogP contribution in [0.5, 0.6) is 5.75 Å². The lowest BCUT2D eigenvalue weighted by Crippen LogP contribution is -2.28. The minimum Gasteiger partial charge on any atom is -0.495 e. The van der Waals surface area contributed by atoms with Crippen LogP contribution in [0.25, 0.3) is 0 Å². The third-order valence-corrected chi connectivity index (χ3v) is 8.42. The second-order valence-electron chi connectivity index (χ2n) is 7.36. The first kappa shape index (κ1) is 26.5. The van der Waals surface area contributed by atoms with Crippen molar-refractivity contribution in [3.63, 3.8) is 0 Å². The Hall–Kier alpha value is -2.14. The van der Waals surface area contributed by atoms with E-state index >= 15 is 0 Å². The number of benzene rings is 3. The lowest BCUT2D eigenvalue weighted by molar-refractivity contribution is 0.401. The first-order valence-corrected chi connectivity index (χ1v) is 14.0. The Morgan fingerprint density at radius 1 is 0.706 bits per heavy atom. The Morgan fingerprint density at radius 2 is 1.18 bits per heavy atom. The summed E-state index contributed by atoms with van der Waals surface area (Å²) in [6, 6.07) is 17.9. The van der Waals surface area contributed by atoms with Gasteiger partial charge in [-0.25, -0.2) is 26.3 Å². The summed E-state index contributed by atoms with van der Waals surface area (Å²) in [5, 5.41) is 1.19. The van der Waals surface area contributed by atoms with Crippen molar-refractivity contribution in [3.05, 3.63) is 87.9 Å². The highest BCUT2D eigenvalue weighted by molar-refractivity contribution is 7.90. The minimum absolute atomic E-state index is 0.0408. The molecule has 0 aromatic heterocycles. The Bertz CT molecular complexity index is 1330. The van der Waals surface area contributed by atoms with Crippen LogP contribution in [0.1, 0.15) is 11.1 Å². The molecule has 34 heavy (non-hydrogen) atoms. The van der Waals surface area contributed by atoms with Gasteiger partial charge >= 0.3 is 0 Å². The van der Waals surface area contributed by atoms with E-state index in [0.29, 0.717) is 22.9 Å². The van der Waals surface area contributed by atoms with E-state index in [2.05, 4.69) is 9.44 Å². The summed E-state index contributed by atoms with van der Waals surface area (Å²) in [6.07, 6.45) is 0.882. The van der Waals surface area contributed by atoms with Crippen LogP contribution in [0.2, 0.25) is 10.0 Å². The quantitative estimate of drug-likeness (QED) is 0.380. The molecule has 7 nitrogen and oxygen atoms in total. The first-order valence-electron chi connectivity index (χ1n) is 10.3. The van der Waals surface area contributed by atoms with Gasteiger partial charge in [0.25, 0.3) is 0 Å². The zero-order valence-electron chi connectivity index (χ0n) is 18.3. The van der Waals surface area contributed by atoms with Gasteiger partial charge in [0.1, 0.15) is 10.6 Å². The molecule has 182 valence electrons. The molecule has 0 atom stereocenters. The van der Waals surface area contributed by atoms with E-state index < -0.39 is 20.0 Å². The Labute approximate surface area is 210 Å². The van der Waals surface area contributed by atoms with Crippen LogP contribution < -0.4 is 14.2 Å². The summed E-state index contributed by atoms with van der Waals surface area (Å²) in [6.45, 7) is 0.251. The normalized spacial score (nSPS) is 12.0. The molecule has 3 rings (SSSR count). The van der Waals surface area contributed by atoms with Crippen molar-refractivity contribution in [2.45, 2.75) is 22.6 Å². The zero-order chi connectivity index (χ0) is 24.8. The fraction of sp³-hybridized carbons (Fsp3) is 0.217. The van der Waals surface area contributed by atoms with Crippen LogP contribution in [0.15, 0.2) is 76.5 Å². The standard InChI is InChI=1S/C23H24Cl2N2O5S2/c1-32-22-11-10-21(33(28,29)26-14-12-17-2-6-19(24)7-3-17)16-23(22)34(30,31)27-15-13-18-4-8-20(25)9-5-18/h2-11,16,26-27H,12-15H2,1H3. The Morgan fingerprint density at radius 3 is 1.65 bits per heavy atom. The predicted octanol–water partition coefficient (Wildman–Crippen LogP) is 4.04. The topological polar surface area (TPSA) is 102 Å². The molecule has 0 aliphatic heterocycles. The van der Waals surface area contributed by atoms with E-state index in [1.807, 2.05) is 12.1 Å². The van der Waals surface area contributed by atoms with Crippen LogP contribution in [-0.2, 0) is 32.9 Å². The van der Waals surface area contributed by atoms with Crippen LogP contribution in [0, 0.1) is 0 Å². The van der Waals surface area contributed by atoms with Crippen molar-refractivity contribution in [2.75, 3.05) is 20.2 Å². The second kappa shape index (κ2) is 11.5. The molecule has 0 amide bonds. The number of halogens is 2. The van der Waals surface area contributed by atoms with E-state index in [1.165, 1.54) is 19.2 Å². The average molecular weight is 543 g/mol. The maximum Gasteiger partial charge on any atom is 0.244 e. The first-order chi connectivity index (χ1) is 16.1. The molecule has 0 radical (unpaired) electrons. The van der Waals surface area contributed by atoms with Crippen molar-refractivity contribution in [1.29, 1.82) is 0 Å². The van der Waals surface area contributed by atoms with E-state index in [4.69, 9.17) is 27.9 Å². The maximum absolute atomic E-state index is 12.9. The van der Waals surface area contributed by atoms with E-state index in [1.54, 1.807) is 36.4 Å². The van der Waals surface area contributed by atoms with Gasteiger partial charge < -0.3 is 4.74 Å². The van der Waals surface area contributed by atoms with E-state index in [0.717, 1.165) is 17.2 Å². The summed E-state index contributed by atoms with van der Waals surface area (Å²) >= 11 is 11.7. The summed E-state index contributed by atoms with van der Waals surface area (Å²) < 4.78 is 61.6. The molecule has 3 aromatic carbocycles.